The average molecular weight is 400 g/mol. The van der Waals surface area contributed by atoms with Crippen molar-refractivity contribution in [3.63, 3.8) is 0 Å². The summed E-state index contributed by atoms with van der Waals surface area (Å²) in [5, 5.41) is 12.7. The van der Waals surface area contributed by atoms with Gasteiger partial charge in [0.15, 0.2) is 5.16 Å². The third-order valence-corrected chi connectivity index (χ3v) is 6.55. The number of benzene rings is 1. The van der Waals surface area contributed by atoms with E-state index in [-0.39, 0.29) is 11.2 Å². The average Bonchev–Trinajstić information content (AvgIpc) is 3.44. The van der Waals surface area contributed by atoms with Crippen molar-refractivity contribution in [1.82, 2.24) is 14.8 Å². The number of hydrogen-bond donors (Lipinski definition) is 1. The van der Waals surface area contributed by atoms with Crippen LogP contribution in [0.3, 0.4) is 0 Å². The minimum atomic E-state index is -0.239. The largest absolute Gasteiger partial charge is 0.341 e. The summed E-state index contributed by atoms with van der Waals surface area (Å²) in [6, 6.07) is 6.57. The van der Waals surface area contributed by atoms with E-state index >= 15 is 0 Å². The van der Waals surface area contributed by atoms with Crippen LogP contribution in [0, 0.1) is 13.8 Å². The maximum atomic E-state index is 12.8. The van der Waals surface area contributed by atoms with Gasteiger partial charge in [-0.05, 0) is 64.5 Å². The summed E-state index contributed by atoms with van der Waals surface area (Å²) in [4.78, 5) is 15.1. The highest BCUT2D eigenvalue weighted by Crippen LogP contribution is 2.42. The highest BCUT2D eigenvalue weighted by molar-refractivity contribution is 8.00. The van der Waals surface area contributed by atoms with Gasteiger partial charge in [0, 0.05) is 24.8 Å². The third-order valence-electron chi connectivity index (χ3n) is 5.49. The molecule has 2 fully saturated rings. The van der Waals surface area contributed by atoms with Crippen LogP contribution in [0.4, 0.5) is 11.6 Å². The van der Waals surface area contributed by atoms with Crippen molar-refractivity contribution < 1.29 is 4.79 Å². The van der Waals surface area contributed by atoms with Crippen molar-refractivity contribution in [3.05, 3.63) is 29.3 Å². The van der Waals surface area contributed by atoms with Crippen LogP contribution in [0.1, 0.15) is 56.2 Å². The number of carbonyl (C=O) groups is 1. The fourth-order valence-corrected chi connectivity index (χ4v) is 4.63. The molecule has 6 nitrogen and oxygen atoms in total. The molecule has 1 aromatic heterocycles. The standard InChI is InChI=1S/C21H29N5OS/c1-14-7-10-18(15(2)13-14)22-19(27)16(3)28-21-24-23-20(26(21)17-8-9-17)25-11-5-4-6-12-25/h7,10,13,16-17H,4-6,8-9,11-12H2,1-3H3,(H,22,27). The zero-order valence-corrected chi connectivity index (χ0v) is 17.8. The molecule has 1 aliphatic carbocycles. The first kappa shape index (κ1) is 19.3. The van der Waals surface area contributed by atoms with Crippen LogP contribution < -0.4 is 10.2 Å². The second kappa shape index (κ2) is 8.15. The van der Waals surface area contributed by atoms with Gasteiger partial charge in [0.25, 0.3) is 0 Å². The maximum absolute atomic E-state index is 12.8. The van der Waals surface area contributed by atoms with Gasteiger partial charge < -0.3 is 10.2 Å². The molecule has 0 bridgehead atoms. The van der Waals surface area contributed by atoms with Crippen molar-refractivity contribution in [2.75, 3.05) is 23.3 Å². The summed E-state index contributed by atoms with van der Waals surface area (Å²) >= 11 is 1.51. The number of aromatic nitrogens is 3. The van der Waals surface area contributed by atoms with Crippen LogP contribution in [-0.2, 0) is 4.79 Å². The van der Waals surface area contributed by atoms with Crippen molar-refractivity contribution in [2.24, 2.45) is 0 Å². The van der Waals surface area contributed by atoms with Gasteiger partial charge in [-0.15, -0.1) is 10.2 Å². The zero-order chi connectivity index (χ0) is 19.7. The first-order chi connectivity index (χ1) is 13.5. The number of rotatable bonds is 6. The summed E-state index contributed by atoms with van der Waals surface area (Å²) in [6.07, 6.45) is 6.08. The number of carbonyl (C=O) groups excluding carboxylic acids is 1. The second-order valence-corrected chi connectivity index (χ2v) is 9.31. The molecule has 1 atom stereocenters. The predicted octanol–water partition coefficient (Wildman–Crippen LogP) is 4.34. The number of nitrogens with one attached hydrogen (secondary N) is 1. The number of amides is 1. The van der Waals surface area contributed by atoms with E-state index in [1.807, 2.05) is 26.0 Å². The zero-order valence-electron chi connectivity index (χ0n) is 16.9. The van der Waals surface area contributed by atoms with Crippen LogP contribution >= 0.6 is 11.8 Å². The number of piperidine rings is 1. The molecule has 150 valence electrons. The summed E-state index contributed by atoms with van der Waals surface area (Å²) < 4.78 is 2.27. The van der Waals surface area contributed by atoms with Gasteiger partial charge in [-0.3, -0.25) is 9.36 Å². The Bertz CT molecular complexity index is 854. The summed E-state index contributed by atoms with van der Waals surface area (Å²) in [6.45, 7) is 8.13. The number of nitrogens with zero attached hydrogens (tertiary/aromatic N) is 4. The number of hydrogen-bond acceptors (Lipinski definition) is 5. The first-order valence-electron chi connectivity index (χ1n) is 10.3. The van der Waals surface area contributed by atoms with Crippen molar-refractivity contribution >= 4 is 29.3 Å². The van der Waals surface area contributed by atoms with E-state index in [1.165, 1.54) is 49.4 Å². The highest BCUT2D eigenvalue weighted by atomic mass is 32.2. The van der Waals surface area contributed by atoms with E-state index < -0.39 is 0 Å². The molecule has 2 aliphatic rings. The molecule has 0 radical (unpaired) electrons. The molecular formula is C21H29N5OS. The van der Waals surface area contributed by atoms with Gasteiger partial charge in [0.1, 0.15) is 0 Å². The monoisotopic (exact) mass is 399 g/mol. The molecule has 1 aromatic carbocycles. The maximum Gasteiger partial charge on any atom is 0.237 e. The molecule has 28 heavy (non-hydrogen) atoms. The van der Waals surface area contributed by atoms with E-state index in [0.29, 0.717) is 6.04 Å². The van der Waals surface area contributed by atoms with Crippen LogP contribution in [0.15, 0.2) is 23.4 Å². The van der Waals surface area contributed by atoms with Crippen LogP contribution in [0.5, 0.6) is 0 Å². The SMILES string of the molecule is Cc1ccc(NC(=O)C(C)Sc2nnc(N3CCCCC3)n2C2CC2)c(C)c1. The quantitative estimate of drug-likeness (QED) is 0.732. The predicted molar refractivity (Wildman–Crippen MR) is 114 cm³/mol. The van der Waals surface area contributed by atoms with Gasteiger partial charge in [-0.25, -0.2) is 0 Å². The van der Waals surface area contributed by atoms with E-state index in [4.69, 9.17) is 0 Å². The lowest BCUT2D eigenvalue weighted by Gasteiger charge is -2.28. The molecule has 7 heteroatoms. The number of aryl methyl sites for hydroxylation is 2. The molecule has 1 aliphatic heterocycles. The third kappa shape index (κ3) is 4.19. The Morgan fingerprint density at radius 2 is 1.93 bits per heavy atom. The molecule has 1 unspecified atom stereocenters. The van der Waals surface area contributed by atoms with Gasteiger partial charge >= 0.3 is 0 Å². The second-order valence-electron chi connectivity index (χ2n) is 8.00. The molecule has 1 saturated heterocycles. The molecule has 1 saturated carbocycles. The Balaban J connectivity index is 1.47. The van der Waals surface area contributed by atoms with E-state index in [1.54, 1.807) is 0 Å². The Morgan fingerprint density at radius 1 is 1.18 bits per heavy atom. The molecule has 1 N–H and O–H groups in total. The fourth-order valence-electron chi connectivity index (χ4n) is 3.71. The summed E-state index contributed by atoms with van der Waals surface area (Å²) in [5.41, 5.74) is 3.15. The number of anilines is 2. The van der Waals surface area contributed by atoms with Crippen LogP contribution in [0.25, 0.3) is 0 Å². The smallest absolute Gasteiger partial charge is 0.237 e. The first-order valence-corrected chi connectivity index (χ1v) is 11.2. The highest BCUT2D eigenvalue weighted by Gasteiger charge is 2.33. The molecule has 2 heterocycles. The van der Waals surface area contributed by atoms with Gasteiger partial charge in [0.2, 0.25) is 11.9 Å². The van der Waals surface area contributed by atoms with E-state index in [0.717, 1.165) is 35.4 Å². The minimum absolute atomic E-state index is 0.00169. The van der Waals surface area contributed by atoms with Crippen molar-refractivity contribution in [3.8, 4) is 0 Å². The molecular weight excluding hydrogens is 370 g/mol. The molecule has 4 rings (SSSR count). The van der Waals surface area contributed by atoms with E-state index in [2.05, 4.69) is 38.0 Å². The lowest BCUT2D eigenvalue weighted by atomic mass is 10.1. The Kier molecular flexibility index (Phi) is 5.62. The van der Waals surface area contributed by atoms with Gasteiger partial charge in [-0.1, -0.05) is 29.5 Å². The Labute approximate surface area is 171 Å². The normalized spacial score (nSPS) is 18.2. The summed E-state index contributed by atoms with van der Waals surface area (Å²) in [7, 11) is 0. The fraction of sp³-hybridized carbons (Fsp3) is 0.571. The minimum Gasteiger partial charge on any atom is -0.341 e. The summed E-state index contributed by atoms with van der Waals surface area (Å²) in [5.74, 6) is 0.994. The van der Waals surface area contributed by atoms with Crippen molar-refractivity contribution in [1.29, 1.82) is 0 Å². The lowest BCUT2D eigenvalue weighted by Crippen LogP contribution is -2.32. The van der Waals surface area contributed by atoms with Gasteiger partial charge in [-0.2, -0.15) is 0 Å². The molecule has 1 amide bonds. The Hall–Kier alpha value is -2.02. The van der Waals surface area contributed by atoms with Crippen molar-refractivity contribution in [2.45, 2.75) is 69.3 Å². The topological polar surface area (TPSA) is 63.1 Å². The van der Waals surface area contributed by atoms with Crippen LogP contribution in [0.2, 0.25) is 0 Å². The lowest BCUT2D eigenvalue weighted by molar-refractivity contribution is -0.115. The van der Waals surface area contributed by atoms with Crippen LogP contribution in [-0.4, -0.2) is 39.0 Å². The number of thioether (sulfide) groups is 1. The van der Waals surface area contributed by atoms with Gasteiger partial charge in [0.05, 0.1) is 5.25 Å². The molecule has 2 aromatic rings. The van der Waals surface area contributed by atoms with E-state index in [9.17, 15) is 4.79 Å². The molecule has 0 spiro atoms. The Morgan fingerprint density at radius 3 is 2.61 bits per heavy atom.